The molecule has 28 heavy (non-hydrogen) atoms. The first kappa shape index (κ1) is 20.0. The van der Waals surface area contributed by atoms with Crippen molar-refractivity contribution in [1.29, 1.82) is 0 Å². The van der Waals surface area contributed by atoms with Crippen molar-refractivity contribution in [2.24, 2.45) is 0 Å². The van der Waals surface area contributed by atoms with E-state index in [0.29, 0.717) is 17.8 Å². The van der Waals surface area contributed by atoms with Crippen LogP contribution in [0.15, 0.2) is 48.5 Å². The molecular weight excluding hydrogens is 361 g/mol. The second kappa shape index (κ2) is 9.43. The lowest BCUT2D eigenvalue weighted by Gasteiger charge is -2.34. The number of ether oxygens (including phenoxy) is 1. The molecule has 1 amide bonds. The lowest BCUT2D eigenvalue weighted by Crippen LogP contribution is -2.48. The lowest BCUT2D eigenvalue weighted by molar-refractivity contribution is -0.117. The van der Waals surface area contributed by atoms with Gasteiger partial charge in [-0.1, -0.05) is 12.1 Å². The average molecular weight is 385 g/mol. The van der Waals surface area contributed by atoms with Gasteiger partial charge in [0.1, 0.15) is 5.82 Å². The highest BCUT2D eigenvalue weighted by Gasteiger charge is 2.19. The van der Waals surface area contributed by atoms with E-state index < -0.39 is 0 Å². The van der Waals surface area contributed by atoms with Gasteiger partial charge >= 0.3 is 5.97 Å². The number of benzene rings is 2. The van der Waals surface area contributed by atoms with Crippen molar-refractivity contribution in [3.8, 4) is 0 Å². The number of amides is 1. The number of methoxy groups -OCH3 is 1. The van der Waals surface area contributed by atoms with Crippen LogP contribution in [-0.2, 0) is 16.1 Å². The van der Waals surface area contributed by atoms with Gasteiger partial charge in [-0.25, -0.2) is 9.18 Å². The van der Waals surface area contributed by atoms with Crippen LogP contribution in [0.3, 0.4) is 0 Å². The van der Waals surface area contributed by atoms with Gasteiger partial charge in [0.15, 0.2) is 0 Å². The molecule has 0 spiro atoms. The van der Waals surface area contributed by atoms with E-state index in [1.54, 1.807) is 18.2 Å². The van der Waals surface area contributed by atoms with Gasteiger partial charge < -0.3 is 10.1 Å². The number of esters is 1. The second-order valence-corrected chi connectivity index (χ2v) is 6.80. The van der Waals surface area contributed by atoms with Gasteiger partial charge in [-0.2, -0.15) is 0 Å². The third-order valence-electron chi connectivity index (χ3n) is 4.71. The number of halogens is 1. The predicted octanol–water partition coefficient (Wildman–Crippen LogP) is 2.37. The van der Waals surface area contributed by atoms with Gasteiger partial charge in [-0.05, 0) is 42.0 Å². The van der Waals surface area contributed by atoms with Crippen LogP contribution in [-0.4, -0.2) is 61.5 Å². The molecular formula is C21H24FN3O3. The number of hydrogen-bond acceptors (Lipinski definition) is 5. The lowest BCUT2D eigenvalue weighted by atomic mass is 10.1. The van der Waals surface area contributed by atoms with Gasteiger partial charge in [0.25, 0.3) is 0 Å². The van der Waals surface area contributed by atoms with E-state index in [9.17, 15) is 14.0 Å². The number of piperazine rings is 1. The van der Waals surface area contributed by atoms with E-state index in [2.05, 4.69) is 15.1 Å². The summed E-state index contributed by atoms with van der Waals surface area (Å²) < 4.78 is 17.7. The Morgan fingerprint density at radius 2 is 1.71 bits per heavy atom. The van der Waals surface area contributed by atoms with Gasteiger partial charge in [0.05, 0.1) is 19.2 Å². The van der Waals surface area contributed by atoms with E-state index in [1.165, 1.54) is 19.2 Å². The number of nitrogens with zero attached hydrogens (tertiary/aromatic N) is 2. The van der Waals surface area contributed by atoms with Gasteiger partial charge in [0.2, 0.25) is 5.91 Å². The molecule has 2 aromatic rings. The van der Waals surface area contributed by atoms with Crippen LogP contribution in [0.5, 0.6) is 0 Å². The Labute approximate surface area is 163 Å². The third-order valence-corrected chi connectivity index (χ3v) is 4.71. The minimum atomic E-state index is -0.334. The van der Waals surface area contributed by atoms with E-state index in [4.69, 9.17) is 4.74 Å². The van der Waals surface area contributed by atoms with Crippen molar-refractivity contribution in [2.45, 2.75) is 6.54 Å². The summed E-state index contributed by atoms with van der Waals surface area (Å²) in [6, 6.07) is 13.2. The van der Waals surface area contributed by atoms with E-state index in [-0.39, 0.29) is 17.7 Å². The van der Waals surface area contributed by atoms with Crippen molar-refractivity contribution in [2.75, 3.05) is 45.2 Å². The summed E-state index contributed by atoms with van der Waals surface area (Å²) in [5, 5.41) is 2.79. The van der Waals surface area contributed by atoms with Crippen LogP contribution in [0.1, 0.15) is 15.9 Å². The zero-order valence-electron chi connectivity index (χ0n) is 15.9. The summed E-state index contributed by atoms with van der Waals surface area (Å²) in [7, 11) is 1.38. The van der Waals surface area contributed by atoms with Crippen LogP contribution in [0.2, 0.25) is 0 Å². The van der Waals surface area contributed by atoms with Gasteiger partial charge in [-0.15, -0.1) is 0 Å². The fraction of sp³-hybridized carbons (Fsp3) is 0.333. The molecule has 0 aliphatic carbocycles. The molecule has 0 aromatic heterocycles. The molecule has 1 heterocycles. The predicted molar refractivity (Wildman–Crippen MR) is 105 cm³/mol. The van der Waals surface area contributed by atoms with Gasteiger partial charge in [-0.3, -0.25) is 14.6 Å². The molecule has 1 aliphatic rings. The van der Waals surface area contributed by atoms with E-state index in [0.717, 1.165) is 38.3 Å². The van der Waals surface area contributed by atoms with Crippen molar-refractivity contribution < 1.29 is 18.7 Å². The Kier molecular flexibility index (Phi) is 6.73. The average Bonchev–Trinajstić information content (AvgIpc) is 2.71. The molecule has 1 fully saturated rings. The van der Waals surface area contributed by atoms with Crippen molar-refractivity contribution in [3.63, 3.8) is 0 Å². The highest BCUT2D eigenvalue weighted by molar-refractivity contribution is 5.92. The summed E-state index contributed by atoms with van der Waals surface area (Å²) in [5.74, 6) is -0.768. The second-order valence-electron chi connectivity index (χ2n) is 6.80. The number of anilines is 1. The monoisotopic (exact) mass is 385 g/mol. The van der Waals surface area contributed by atoms with Crippen molar-refractivity contribution in [1.82, 2.24) is 9.80 Å². The molecule has 0 radical (unpaired) electrons. The quantitative estimate of drug-likeness (QED) is 0.774. The first-order valence-corrected chi connectivity index (χ1v) is 9.21. The Balaban J connectivity index is 1.45. The molecule has 6 nitrogen and oxygen atoms in total. The number of carbonyl (C=O) groups is 2. The Hall–Kier alpha value is -2.77. The molecule has 1 saturated heterocycles. The van der Waals surface area contributed by atoms with Crippen LogP contribution in [0.25, 0.3) is 0 Å². The Morgan fingerprint density at radius 3 is 2.39 bits per heavy atom. The highest BCUT2D eigenvalue weighted by Crippen LogP contribution is 2.12. The Bertz CT molecular complexity index is 818. The number of hydrogen-bond donors (Lipinski definition) is 1. The number of nitrogens with one attached hydrogen (secondary N) is 1. The van der Waals surface area contributed by atoms with Crippen LogP contribution < -0.4 is 5.32 Å². The molecule has 0 unspecified atom stereocenters. The first-order valence-electron chi connectivity index (χ1n) is 9.21. The topological polar surface area (TPSA) is 61.9 Å². The first-order chi connectivity index (χ1) is 13.5. The van der Waals surface area contributed by atoms with Crippen LogP contribution in [0, 0.1) is 5.82 Å². The minimum Gasteiger partial charge on any atom is -0.465 e. The standard InChI is InChI=1S/C21H24FN3O3/c1-28-21(27)17-4-2-3-16(13-17)14-24-9-11-25(12-10-24)15-20(26)23-19-7-5-18(22)6-8-19/h2-8,13H,9-12,14-15H2,1H3,(H,23,26). The summed E-state index contributed by atoms with van der Waals surface area (Å²) >= 11 is 0. The summed E-state index contributed by atoms with van der Waals surface area (Å²) in [6.07, 6.45) is 0. The molecule has 1 N–H and O–H groups in total. The van der Waals surface area contributed by atoms with E-state index >= 15 is 0 Å². The van der Waals surface area contributed by atoms with Crippen molar-refractivity contribution >= 4 is 17.6 Å². The van der Waals surface area contributed by atoms with Gasteiger partial charge in [0, 0.05) is 38.4 Å². The maximum absolute atomic E-state index is 12.9. The van der Waals surface area contributed by atoms with Crippen LogP contribution in [0.4, 0.5) is 10.1 Å². The Morgan fingerprint density at radius 1 is 1.04 bits per heavy atom. The minimum absolute atomic E-state index is 0.106. The maximum Gasteiger partial charge on any atom is 0.337 e. The molecule has 0 atom stereocenters. The molecule has 0 saturated carbocycles. The number of carbonyl (C=O) groups excluding carboxylic acids is 2. The normalized spacial score (nSPS) is 15.2. The molecule has 3 rings (SSSR count). The molecule has 148 valence electrons. The zero-order valence-corrected chi connectivity index (χ0v) is 15.9. The third kappa shape index (κ3) is 5.61. The summed E-state index contributed by atoms with van der Waals surface area (Å²) in [5.41, 5.74) is 2.21. The summed E-state index contributed by atoms with van der Waals surface area (Å²) in [4.78, 5) is 28.2. The molecule has 2 aromatic carbocycles. The number of rotatable bonds is 6. The largest absolute Gasteiger partial charge is 0.465 e. The molecule has 0 bridgehead atoms. The zero-order chi connectivity index (χ0) is 19.9. The summed E-state index contributed by atoms with van der Waals surface area (Å²) in [6.45, 7) is 4.31. The molecule has 1 aliphatic heterocycles. The fourth-order valence-corrected chi connectivity index (χ4v) is 3.22. The van der Waals surface area contributed by atoms with E-state index in [1.807, 2.05) is 18.2 Å². The highest BCUT2D eigenvalue weighted by atomic mass is 19.1. The maximum atomic E-state index is 12.9. The SMILES string of the molecule is COC(=O)c1cccc(CN2CCN(CC(=O)Nc3ccc(F)cc3)CC2)c1. The smallest absolute Gasteiger partial charge is 0.337 e. The van der Waals surface area contributed by atoms with Crippen LogP contribution >= 0.6 is 0 Å². The fourth-order valence-electron chi connectivity index (χ4n) is 3.22. The van der Waals surface area contributed by atoms with Crippen molar-refractivity contribution in [3.05, 3.63) is 65.5 Å². The molecule has 7 heteroatoms.